The third-order valence-electron chi connectivity index (χ3n) is 10.4. The van der Waals surface area contributed by atoms with Gasteiger partial charge in [0, 0.05) is 19.4 Å². The van der Waals surface area contributed by atoms with Crippen LogP contribution in [0.25, 0.3) is 0 Å². The molecule has 4 heteroatoms. The summed E-state index contributed by atoms with van der Waals surface area (Å²) in [6.45, 7) is 7.10. The van der Waals surface area contributed by atoms with E-state index in [1.807, 2.05) is 0 Å². The highest BCUT2D eigenvalue weighted by atomic mass is 16.7. The van der Waals surface area contributed by atoms with Gasteiger partial charge in [-0.05, 0) is 98.4 Å². The Morgan fingerprint density at radius 1 is 1.10 bits per heavy atom. The van der Waals surface area contributed by atoms with Crippen LogP contribution in [0.2, 0.25) is 0 Å². The van der Waals surface area contributed by atoms with Crippen LogP contribution in [0.4, 0.5) is 0 Å². The molecule has 0 aromatic heterocycles. The molecule has 4 rings (SSSR count). The summed E-state index contributed by atoms with van der Waals surface area (Å²) in [5.41, 5.74) is 1.74. The van der Waals surface area contributed by atoms with Gasteiger partial charge in [-0.2, -0.15) is 0 Å². The van der Waals surface area contributed by atoms with Gasteiger partial charge in [-0.15, -0.1) is 0 Å². The zero-order valence-corrected chi connectivity index (χ0v) is 20.4. The number of ketones is 1. The zero-order valence-electron chi connectivity index (χ0n) is 20.4. The van der Waals surface area contributed by atoms with Gasteiger partial charge in [0.2, 0.25) is 5.91 Å². The minimum Gasteiger partial charge on any atom is -0.294 e. The standard InChI is InChI=1S/C27H43NO3/c1-6-19-20-11-7-8-16-27(20,3)22-15-17-26(2)18(10-9-12-23(29)28(4)31-5)13-14-21(26)24(22)25(19)30/h6,18,20-22,24H,7-17H2,1-5H3/b19-6+. The second-order valence-electron chi connectivity index (χ2n) is 11.4. The lowest BCUT2D eigenvalue weighted by Crippen LogP contribution is -2.57. The number of rotatable bonds is 5. The van der Waals surface area contributed by atoms with Crippen LogP contribution in [0.1, 0.15) is 91.4 Å². The molecule has 0 radical (unpaired) electrons. The van der Waals surface area contributed by atoms with E-state index in [0.717, 1.165) is 12.8 Å². The van der Waals surface area contributed by atoms with E-state index in [0.29, 0.717) is 41.3 Å². The first-order valence-electron chi connectivity index (χ1n) is 12.8. The van der Waals surface area contributed by atoms with E-state index in [4.69, 9.17) is 4.84 Å². The summed E-state index contributed by atoms with van der Waals surface area (Å²) in [4.78, 5) is 31.0. The Balaban J connectivity index is 1.52. The van der Waals surface area contributed by atoms with Crippen LogP contribution in [0.15, 0.2) is 11.6 Å². The molecule has 7 unspecified atom stereocenters. The number of hydrogen-bond acceptors (Lipinski definition) is 3. The summed E-state index contributed by atoms with van der Waals surface area (Å²) < 4.78 is 0. The van der Waals surface area contributed by atoms with Crippen molar-refractivity contribution in [1.29, 1.82) is 0 Å². The number of fused-ring (bicyclic) bond motifs is 5. The van der Waals surface area contributed by atoms with Crippen LogP contribution in [0.3, 0.4) is 0 Å². The van der Waals surface area contributed by atoms with E-state index in [9.17, 15) is 9.59 Å². The number of Topliss-reactive ketones (excluding diaryl/α,β-unsaturated/α-hetero) is 1. The van der Waals surface area contributed by atoms with Gasteiger partial charge in [0.25, 0.3) is 0 Å². The topological polar surface area (TPSA) is 46.6 Å². The van der Waals surface area contributed by atoms with Gasteiger partial charge < -0.3 is 0 Å². The van der Waals surface area contributed by atoms with Crippen LogP contribution < -0.4 is 0 Å². The number of allylic oxidation sites excluding steroid dienone is 2. The maximum absolute atomic E-state index is 13.9. The Hall–Kier alpha value is -1.16. The second-order valence-corrected chi connectivity index (χ2v) is 11.4. The van der Waals surface area contributed by atoms with Crippen molar-refractivity contribution in [2.24, 2.45) is 40.4 Å². The van der Waals surface area contributed by atoms with Crippen molar-refractivity contribution in [3.63, 3.8) is 0 Å². The quantitative estimate of drug-likeness (QED) is 0.400. The lowest BCUT2D eigenvalue weighted by Gasteiger charge is -2.60. The van der Waals surface area contributed by atoms with E-state index in [1.165, 1.54) is 69.1 Å². The predicted molar refractivity (Wildman–Crippen MR) is 123 cm³/mol. The van der Waals surface area contributed by atoms with Crippen molar-refractivity contribution >= 4 is 11.7 Å². The first-order valence-corrected chi connectivity index (χ1v) is 12.8. The lowest BCUT2D eigenvalue weighted by atomic mass is 9.43. The first-order chi connectivity index (χ1) is 14.8. The normalized spacial score (nSPS) is 43.3. The summed E-state index contributed by atoms with van der Waals surface area (Å²) in [5, 5.41) is 1.34. The highest BCUT2D eigenvalue weighted by molar-refractivity contribution is 5.99. The van der Waals surface area contributed by atoms with E-state index in [2.05, 4.69) is 26.8 Å². The largest absolute Gasteiger partial charge is 0.294 e. The van der Waals surface area contributed by atoms with Crippen LogP contribution >= 0.6 is 0 Å². The molecule has 0 bridgehead atoms. The van der Waals surface area contributed by atoms with Crippen LogP contribution in [0.5, 0.6) is 0 Å². The maximum Gasteiger partial charge on any atom is 0.245 e. The molecule has 0 spiro atoms. The second kappa shape index (κ2) is 8.65. The Labute approximate surface area is 189 Å². The number of nitrogens with zero attached hydrogens (tertiary/aromatic N) is 1. The third kappa shape index (κ3) is 3.61. The van der Waals surface area contributed by atoms with Gasteiger partial charge in [-0.3, -0.25) is 14.4 Å². The highest BCUT2D eigenvalue weighted by Crippen LogP contribution is 2.67. The molecular weight excluding hydrogens is 386 g/mol. The van der Waals surface area contributed by atoms with Crippen molar-refractivity contribution in [3.8, 4) is 0 Å². The van der Waals surface area contributed by atoms with E-state index >= 15 is 0 Å². The molecule has 0 aromatic carbocycles. The van der Waals surface area contributed by atoms with Gasteiger partial charge in [0.05, 0.1) is 7.11 Å². The minimum atomic E-state index is 0.0577. The fourth-order valence-electron chi connectivity index (χ4n) is 8.61. The molecule has 7 atom stereocenters. The molecule has 4 aliphatic rings. The minimum absolute atomic E-state index is 0.0577. The Bertz CT molecular complexity index is 745. The molecule has 4 saturated carbocycles. The molecule has 0 saturated heterocycles. The van der Waals surface area contributed by atoms with Crippen LogP contribution in [0, 0.1) is 40.4 Å². The molecule has 174 valence electrons. The van der Waals surface area contributed by atoms with Crippen molar-refractivity contribution in [1.82, 2.24) is 5.06 Å². The SMILES string of the molecule is C/C=C1/C(=O)C2C3CCC(CCCC(=O)N(C)OC)C3(C)CCC2C2(C)CCCCC12. The van der Waals surface area contributed by atoms with Gasteiger partial charge in [0.1, 0.15) is 0 Å². The Morgan fingerprint density at radius 2 is 1.84 bits per heavy atom. The van der Waals surface area contributed by atoms with Gasteiger partial charge in [-0.1, -0.05) is 32.8 Å². The van der Waals surface area contributed by atoms with E-state index in [1.54, 1.807) is 7.05 Å². The maximum atomic E-state index is 13.9. The number of hydrogen-bond donors (Lipinski definition) is 0. The van der Waals surface area contributed by atoms with Crippen molar-refractivity contribution < 1.29 is 14.4 Å². The van der Waals surface area contributed by atoms with Gasteiger partial charge in [-0.25, -0.2) is 5.06 Å². The number of carbonyl (C=O) groups is 2. The lowest BCUT2D eigenvalue weighted by molar-refractivity contribution is -0.168. The third-order valence-corrected chi connectivity index (χ3v) is 10.4. The van der Waals surface area contributed by atoms with Crippen molar-refractivity contribution in [3.05, 3.63) is 11.6 Å². The van der Waals surface area contributed by atoms with E-state index < -0.39 is 0 Å². The predicted octanol–water partition coefficient (Wildman–Crippen LogP) is 5.96. The van der Waals surface area contributed by atoms with Crippen LogP contribution in [-0.4, -0.2) is 30.9 Å². The molecule has 4 aliphatic carbocycles. The molecule has 0 aromatic rings. The summed E-state index contributed by atoms with van der Waals surface area (Å²) >= 11 is 0. The zero-order chi connectivity index (χ0) is 22.4. The average molecular weight is 430 g/mol. The van der Waals surface area contributed by atoms with E-state index in [-0.39, 0.29) is 17.2 Å². The molecule has 1 amide bonds. The molecular formula is C27H43NO3. The molecule has 4 fully saturated rings. The van der Waals surface area contributed by atoms with Gasteiger partial charge in [0.15, 0.2) is 5.78 Å². The molecule has 0 heterocycles. The fourth-order valence-corrected chi connectivity index (χ4v) is 8.61. The monoisotopic (exact) mass is 429 g/mol. The smallest absolute Gasteiger partial charge is 0.245 e. The fraction of sp³-hybridized carbons (Fsp3) is 0.852. The van der Waals surface area contributed by atoms with Crippen molar-refractivity contribution in [2.45, 2.75) is 91.4 Å². The summed E-state index contributed by atoms with van der Waals surface area (Å²) in [6.07, 6.45) is 14.7. The molecule has 0 aliphatic heterocycles. The number of hydroxylamine groups is 2. The number of carbonyl (C=O) groups excluding carboxylic acids is 2. The summed E-state index contributed by atoms with van der Waals surface area (Å²) in [6, 6.07) is 0. The molecule has 31 heavy (non-hydrogen) atoms. The van der Waals surface area contributed by atoms with Crippen LogP contribution in [-0.2, 0) is 14.4 Å². The summed E-state index contributed by atoms with van der Waals surface area (Å²) in [7, 11) is 3.22. The number of amides is 1. The summed E-state index contributed by atoms with van der Waals surface area (Å²) in [5.74, 6) is 3.02. The van der Waals surface area contributed by atoms with Crippen molar-refractivity contribution in [2.75, 3.05) is 14.2 Å². The van der Waals surface area contributed by atoms with Gasteiger partial charge >= 0.3 is 0 Å². The molecule has 4 nitrogen and oxygen atoms in total. The average Bonchev–Trinajstić information content (AvgIpc) is 3.09. The highest BCUT2D eigenvalue weighted by Gasteiger charge is 2.63. The molecule has 0 N–H and O–H groups in total. The Kier molecular flexibility index (Phi) is 6.42. The first kappa shape index (κ1) is 23.0. The Morgan fingerprint density at radius 3 is 2.55 bits per heavy atom.